The molecule has 0 N–H and O–H groups in total. The van der Waals surface area contributed by atoms with Crippen LogP contribution in [0.5, 0.6) is 5.75 Å². The van der Waals surface area contributed by atoms with Crippen LogP contribution in [0.3, 0.4) is 0 Å². The fraction of sp³-hybridized carbons (Fsp3) is 0.727. The second-order valence-corrected chi connectivity index (χ2v) is 3.86. The first-order chi connectivity index (χ1) is 7.36. The fourth-order valence-corrected chi connectivity index (χ4v) is 1.52. The van der Waals surface area contributed by atoms with E-state index in [-0.39, 0.29) is 0 Å². The number of alkyl halides is 1. The van der Waals surface area contributed by atoms with Gasteiger partial charge in [-0.2, -0.15) is 5.10 Å². The standard InChI is InChI=1S/C11H19ClN2O/c1-2-14-10-11(9-13-14)15-8-6-4-3-5-7-12/h9-10H,2-8H2,1H3. The number of aromatic nitrogens is 2. The second kappa shape index (κ2) is 7.57. The van der Waals surface area contributed by atoms with Crippen LogP contribution in [0, 0.1) is 0 Å². The summed E-state index contributed by atoms with van der Waals surface area (Å²) in [5.74, 6) is 1.64. The summed E-state index contributed by atoms with van der Waals surface area (Å²) >= 11 is 5.59. The van der Waals surface area contributed by atoms with Crippen LogP contribution in [0.25, 0.3) is 0 Å². The molecular formula is C11H19ClN2O. The first kappa shape index (κ1) is 12.4. The Labute approximate surface area is 96.4 Å². The van der Waals surface area contributed by atoms with Gasteiger partial charge in [-0.3, -0.25) is 4.68 Å². The summed E-state index contributed by atoms with van der Waals surface area (Å²) in [6.07, 6.45) is 8.28. The molecule has 0 aliphatic heterocycles. The van der Waals surface area contributed by atoms with E-state index < -0.39 is 0 Å². The number of hydrogen-bond donors (Lipinski definition) is 0. The third-order valence-electron chi connectivity index (χ3n) is 2.23. The molecule has 0 bridgehead atoms. The lowest BCUT2D eigenvalue weighted by Gasteiger charge is -2.02. The highest BCUT2D eigenvalue weighted by atomic mass is 35.5. The molecule has 0 atom stereocenters. The van der Waals surface area contributed by atoms with E-state index in [0.29, 0.717) is 0 Å². The summed E-state index contributed by atoms with van der Waals surface area (Å²) in [6.45, 7) is 3.72. The number of rotatable bonds is 8. The van der Waals surface area contributed by atoms with Crippen LogP contribution in [-0.4, -0.2) is 22.3 Å². The minimum absolute atomic E-state index is 0.768. The van der Waals surface area contributed by atoms with Crippen molar-refractivity contribution >= 4 is 11.6 Å². The van der Waals surface area contributed by atoms with E-state index in [0.717, 1.165) is 37.6 Å². The normalized spacial score (nSPS) is 10.5. The first-order valence-corrected chi connectivity index (χ1v) is 6.11. The summed E-state index contributed by atoms with van der Waals surface area (Å²) in [6, 6.07) is 0. The summed E-state index contributed by atoms with van der Waals surface area (Å²) in [5, 5.41) is 4.14. The summed E-state index contributed by atoms with van der Waals surface area (Å²) in [5.41, 5.74) is 0. The zero-order chi connectivity index (χ0) is 10.9. The molecule has 86 valence electrons. The lowest BCUT2D eigenvalue weighted by molar-refractivity contribution is 0.304. The monoisotopic (exact) mass is 230 g/mol. The van der Waals surface area contributed by atoms with E-state index in [1.165, 1.54) is 12.8 Å². The van der Waals surface area contributed by atoms with Gasteiger partial charge in [-0.1, -0.05) is 12.8 Å². The van der Waals surface area contributed by atoms with Gasteiger partial charge in [0.25, 0.3) is 0 Å². The molecule has 0 saturated heterocycles. The minimum atomic E-state index is 0.768. The van der Waals surface area contributed by atoms with Crippen molar-refractivity contribution in [1.82, 2.24) is 9.78 Å². The Morgan fingerprint density at radius 3 is 2.80 bits per heavy atom. The van der Waals surface area contributed by atoms with Crippen LogP contribution in [0.15, 0.2) is 12.4 Å². The van der Waals surface area contributed by atoms with Crippen molar-refractivity contribution in [2.45, 2.75) is 39.2 Å². The second-order valence-electron chi connectivity index (χ2n) is 3.48. The molecule has 1 heterocycles. The molecule has 0 aliphatic carbocycles. The van der Waals surface area contributed by atoms with Gasteiger partial charge in [-0.25, -0.2) is 0 Å². The van der Waals surface area contributed by atoms with Crippen LogP contribution in [0.1, 0.15) is 32.6 Å². The van der Waals surface area contributed by atoms with Gasteiger partial charge in [0, 0.05) is 12.4 Å². The van der Waals surface area contributed by atoms with Crippen molar-refractivity contribution < 1.29 is 4.74 Å². The van der Waals surface area contributed by atoms with Crippen molar-refractivity contribution in [3.63, 3.8) is 0 Å². The number of ether oxygens (including phenoxy) is 1. The number of aryl methyl sites for hydroxylation is 1. The molecule has 4 heteroatoms. The van der Waals surface area contributed by atoms with Crippen LogP contribution in [0.2, 0.25) is 0 Å². The van der Waals surface area contributed by atoms with E-state index in [1.807, 2.05) is 10.9 Å². The molecule has 0 fully saturated rings. The zero-order valence-electron chi connectivity index (χ0n) is 9.29. The lowest BCUT2D eigenvalue weighted by Crippen LogP contribution is -1.97. The Balaban J connectivity index is 2.04. The molecule has 0 aliphatic rings. The highest BCUT2D eigenvalue weighted by Crippen LogP contribution is 2.09. The van der Waals surface area contributed by atoms with Crippen molar-refractivity contribution in [3.8, 4) is 5.75 Å². The first-order valence-electron chi connectivity index (χ1n) is 5.58. The maximum absolute atomic E-state index is 5.59. The van der Waals surface area contributed by atoms with E-state index in [1.54, 1.807) is 6.20 Å². The van der Waals surface area contributed by atoms with E-state index in [9.17, 15) is 0 Å². The van der Waals surface area contributed by atoms with E-state index in [2.05, 4.69) is 12.0 Å². The number of halogens is 1. The molecule has 0 amide bonds. The van der Waals surface area contributed by atoms with Gasteiger partial charge in [-0.05, 0) is 19.8 Å². The Morgan fingerprint density at radius 1 is 1.33 bits per heavy atom. The van der Waals surface area contributed by atoms with E-state index in [4.69, 9.17) is 16.3 Å². The van der Waals surface area contributed by atoms with Crippen LogP contribution in [0.4, 0.5) is 0 Å². The number of hydrogen-bond acceptors (Lipinski definition) is 2. The Bertz CT molecular complexity index is 263. The molecular weight excluding hydrogens is 212 g/mol. The van der Waals surface area contributed by atoms with Gasteiger partial charge in [0.2, 0.25) is 0 Å². The van der Waals surface area contributed by atoms with Gasteiger partial charge in [0.1, 0.15) is 0 Å². The number of unbranched alkanes of at least 4 members (excludes halogenated alkanes) is 3. The summed E-state index contributed by atoms with van der Waals surface area (Å²) < 4.78 is 7.42. The van der Waals surface area contributed by atoms with Crippen LogP contribution >= 0.6 is 11.6 Å². The summed E-state index contributed by atoms with van der Waals surface area (Å²) in [7, 11) is 0. The molecule has 3 nitrogen and oxygen atoms in total. The van der Waals surface area contributed by atoms with Crippen molar-refractivity contribution in [2.75, 3.05) is 12.5 Å². The largest absolute Gasteiger partial charge is 0.490 e. The molecule has 0 spiro atoms. The molecule has 0 aromatic carbocycles. The molecule has 15 heavy (non-hydrogen) atoms. The average Bonchev–Trinajstić information content (AvgIpc) is 2.71. The molecule has 1 aromatic rings. The smallest absolute Gasteiger partial charge is 0.157 e. The predicted octanol–water partition coefficient (Wildman–Crippen LogP) is 3.08. The van der Waals surface area contributed by atoms with Crippen molar-refractivity contribution in [2.24, 2.45) is 0 Å². The third kappa shape index (κ3) is 5.07. The zero-order valence-corrected chi connectivity index (χ0v) is 10.0. The van der Waals surface area contributed by atoms with Crippen molar-refractivity contribution in [3.05, 3.63) is 12.4 Å². The SMILES string of the molecule is CCn1cc(OCCCCCCCl)cn1. The minimum Gasteiger partial charge on any atom is -0.490 e. The fourth-order valence-electron chi connectivity index (χ4n) is 1.33. The molecule has 0 unspecified atom stereocenters. The predicted molar refractivity (Wildman–Crippen MR) is 62.6 cm³/mol. The lowest BCUT2D eigenvalue weighted by atomic mass is 10.2. The highest BCUT2D eigenvalue weighted by Gasteiger charge is 1.97. The molecule has 1 rings (SSSR count). The highest BCUT2D eigenvalue weighted by molar-refractivity contribution is 6.17. The molecule has 0 radical (unpaired) electrons. The van der Waals surface area contributed by atoms with Gasteiger partial charge in [0.05, 0.1) is 19.0 Å². The molecule has 0 saturated carbocycles. The van der Waals surface area contributed by atoms with Crippen LogP contribution in [-0.2, 0) is 6.54 Å². The van der Waals surface area contributed by atoms with Gasteiger partial charge < -0.3 is 4.74 Å². The maximum atomic E-state index is 5.59. The van der Waals surface area contributed by atoms with Crippen molar-refractivity contribution in [1.29, 1.82) is 0 Å². The third-order valence-corrected chi connectivity index (χ3v) is 2.50. The molecule has 1 aromatic heterocycles. The summed E-state index contributed by atoms with van der Waals surface area (Å²) in [4.78, 5) is 0. The van der Waals surface area contributed by atoms with Crippen LogP contribution < -0.4 is 4.74 Å². The Kier molecular flexibility index (Phi) is 6.25. The quantitative estimate of drug-likeness (QED) is 0.507. The Morgan fingerprint density at radius 2 is 2.13 bits per heavy atom. The average molecular weight is 231 g/mol. The van der Waals surface area contributed by atoms with Gasteiger partial charge in [-0.15, -0.1) is 11.6 Å². The van der Waals surface area contributed by atoms with Gasteiger partial charge in [0.15, 0.2) is 5.75 Å². The van der Waals surface area contributed by atoms with Gasteiger partial charge >= 0.3 is 0 Å². The topological polar surface area (TPSA) is 27.1 Å². The maximum Gasteiger partial charge on any atom is 0.157 e. The number of nitrogens with zero attached hydrogens (tertiary/aromatic N) is 2. The van der Waals surface area contributed by atoms with E-state index >= 15 is 0 Å². The Hall–Kier alpha value is -0.700.